The molecule has 0 fully saturated rings. The van der Waals surface area contributed by atoms with E-state index >= 15 is 0 Å². The third-order valence-corrected chi connectivity index (χ3v) is 4.10. The molecule has 2 rings (SSSR count). The van der Waals surface area contributed by atoms with Crippen LogP contribution < -0.4 is 12.4 Å². The molecule has 2 aromatic carbocycles. The highest BCUT2D eigenvalue weighted by Crippen LogP contribution is 2.20. The molecule has 0 aliphatic heterocycles. The molecule has 0 aromatic heterocycles. The molecule has 132 valence electrons. The molecule has 24 heavy (non-hydrogen) atoms. The van der Waals surface area contributed by atoms with Crippen LogP contribution in [0.15, 0.2) is 48.5 Å². The summed E-state index contributed by atoms with van der Waals surface area (Å²) in [6, 6.07) is 13.6. The van der Waals surface area contributed by atoms with Crippen LogP contribution >= 0.6 is 0 Å². The molecule has 2 N–H and O–H groups in total. The van der Waals surface area contributed by atoms with Crippen molar-refractivity contribution in [3.05, 3.63) is 65.5 Å². The van der Waals surface area contributed by atoms with Crippen molar-refractivity contribution in [2.45, 2.75) is 18.9 Å². The van der Waals surface area contributed by atoms with Crippen LogP contribution in [0.25, 0.3) is 0 Å². The number of likely N-dealkylation sites (N-methyl/N-ethyl adjacent to an activating group) is 1. The summed E-state index contributed by atoms with van der Waals surface area (Å²) in [4.78, 5) is 0. The zero-order valence-corrected chi connectivity index (χ0v) is 14.9. The molecule has 0 aliphatic rings. The second-order valence-electron chi connectivity index (χ2n) is 6.65. The number of rotatable bonds is 7. The first-order chi connectivity index (χ1) is 10.9. The lowest BCUT2D eigenvalue weighted by Crippen LogP contribution is -3.00. The standard InChI is InChI=1S/C19H24FNO2.ClH/c1-21(2,13-5-6-15-9-11-16(22)12-10-15)14-19(23)17-7-3-4-8-18(17)20;/h3-4,7-12,19,23H,5-6,13-14H2,1-2H3;1H/t19-;/m0./s1. The highest BCUT2D eigenvalue weighted by atomic mass is 35.5. The molecule has 0 aliphatic carbocycles. The van der Waals surface area contributed by atoms with Crippen LogP contribution in [0, 0.1) is 5.82 Å². The van der Waals surface area contributed by atoms with E-state index in [0.717, 1.165) is 19.4 Å². The van der Waals surface area contributed by atoms with Crippen molar-refractivity contribution in [2.24, 2.45) is 0 Å². The van der Waals surface area contributed by atoms with Gasteiger partial charge in [0.05, 0.1) is 20.6 Å². The van der Waals surface area contributed by atoms with Crippen LogP contribution in [-0.4, -0.2) is 41.9 Å². The zero-order valence-electron chi connectivity index (χ0n) is 14.1. The van der Waals surface area contributed by atoms with Gasteiger partial charge in [-0.2, -0.15) is 0 Å². The highest BCUT2D eigenvalue weighted by molar-refractivity contribution is 5.25. The van der Waals surface area contributed by atoms with Crippen molar-refractivity contribution in [1.82, 2.24) is 0 Å². The van der Waals surface area contributed by atoms with Gasteiger partial charge in [0, 0.05) is 12.0 Å². The number of hydrogen-bond donors (Lipinski definition) is 2. The maximum atomic E-state index is 13.7. The lowest BCUT2D eigenvalue weighted by molar-refractivity contribution is -0.894. The number of aromatic hydroxyl groups is 1. The normalized spacial score (nSPS) is 12.5. The summed E-state index contributed by atoms with van der Waals surface area (Å²) >= 11 is 0. The second kappa shape index (κ2) is 9.02. The van der Waals surface area contributed by atoms with E-state index in [4.69, 9.17) is 0 Å². The van der Waals surface area contributed by atoms with Gasteiger partial charge < -0.3 is 27.1 Å². The van der Waals surface area contributed by atoms with Crippen LogP contribution in [0.4, 0.5) is 4.39 Å². The maximum Gasteiger partial charge on any atom is 0.131 e. The molecule has 0 radical (unpaired) electrons. The third kappa shape index (κ3) is 6.11. The van der Waals surface area contributed by atoms with E-state index in [0.29, 0.717) is 16.6 Å². The lowest BCUT2D eigenvalue weighted by Gasteiger charge is -2.32. The fraction of sp³-hybridized carbons (Fsp3) is 0.368. The minimum Gasteiger partial charge on any atom is -1.00 e. The second-order valence-corrected chi connectivity index (χ2v) is 6.65. The van der Waals surface area contributed by atoms with Crippen molar-refractivity contribution >= 4 is 0 Å². The average molecular weight is 354 g/mol. The molecule has 0 bridgehead atoms. The average Bonchev–Trinajstić information content (AvgIpc) is 2.49. The SMILES string of the molecule is C[N+](C)(CCCc1ccc(O)cc1)C[C@H](O)c1ccccc1F.[Cl-]. The molecule has 5 heteroatoms. The van der Waals surface area contributed by atoms with Crippen molar-refractivity contribution in [1.29, 1.82) is 0 Å². The van der Waals surface area contributed by atoms with E-state index in [1.165, 1.54) is 11.6 Å². The Morgan fingerprint density at radius 2 is 1.67 bits per heavy atom. The van der Waals surface area contributed by atoms with Crippen LogP contribution in [0.2, 0.25) is 0 Å². The van der Waals surface area contributed by atoms with Gasteiger partial charge in [-0.1, -0.05) is 30.3 Å². The van der Waals surface area contributed by atoms with E-state index in [1.54, 1.807) is 30.3 Å². The Labute approximate surface area is 149 Å². The van der Waals surface area contributed by atoms with E-state index in [9.17, 15) is 14.6 Å². The fourth-order valence-electron chi connectivity index (χ4n) is 2.78. The van der Waals surface area contributed by atoms with Gasteiger partial charge in [0.1, 0.15) is 24.2 Å². The van der Waals surface area contributed by atoms with Crippen molar-refractivity contribution < 1.29 is 31.5 Å². The summed E-state index contributed by atoms with van der Waals surface area (Å²) in [6.45, 7) is 1.35. The van der Waals surface area contributed by atoms with Crippen LogP contribution in [0.5, 0.6) is 5.75 Å². The molecule has 1 atom stereocenters. The summed E-state index contributed by atoms with van der Waals surface area (Å²) < 4.78 is 14.4. The predicted octanol–water partition coefficient (Wildman–Crippen LogP) is 0.278. The number of quaternary nitrogens is 1. The molecule has 0 spiro atoms. The van der Waals surface area contributed by atoms with E-state index in [1.807, 2.05) is 26.2 Å². The number of aliphatic hydroxyl groups is 1. The first-order valence-electron chi connectivity index (χ1n) is 7.90. The number of halogens is 2. The predicted molar refractivity (Wildman–Crippen MR) is 89.6 cm³/mol. The first kappa shape index (κ1) is 20.4. The third-order valence-electron chi connectivity index (χ3n) is 4.10. The summed E-state index contributed by atoms with van der Waals surface area (Å²) in [5.41, 5.74) is 1.54. The van der Waals surface area contributed by atoms with Gasteiger partial charge >= 0.3 is 0 Å². The van der Waals surface area contributed by atoms with Crippen molar-refractivity contribution in [2.75, 3.05) is 27.2 Å². The van der Waals surface area contributed by atoms with Gasteiger partial charge in [-0.3, -0.25) is 0 Å². The maximum absolute atomic E-state index is 13.7. The molecule has 0 amide bonds. The number of benzene rings is 2. The molecular formula is C19H25ClFNO2. The van der Waals surface area contributed by atoms with Crippen molar-refractivity contribution in [3.8, 4) is 5.75 Å². The number of phenolic OH excluding ortho intramolecular Hbond substituents is 1. The van der Waals surface area contributed by atoms with Gasteiger partial charge in [-0.15, -0.1) is 0 Å². The minimum atomic E-state index is -0.806. The molecule has 0 saturated carbocycles. The zero-order chi connectivity index (χ0) is 16.9. The Morgan fingerprint density at radius 1 is 1.04 bits per heavy atom. The number of aliphatic hydroxyl groups excluding tert-OH is 1. The Balaban J connectivity index is 0.00000288. The number of aryl methyl sites for hydroxylation is 1. The van der Waals surface area contributed by atoms with Crippen molar-refractivity contribution in [3.63, 3.8) is 0 Å². The van der Waals surface area contributed by atoms with E-state index in [2.05, 4.69) is 0 Å². The Morgan fingerprint density at radius 3 is 2.29 bits per heavy atom. The topological polar surface area (TPSA) is 40.5 Å². The Hall–Kier alpha value is -1.62. The van der Waals surface area contributed by atoms with Crippen LogP contribution in [0.3, 0.4) is 0 Å². The van der Waals surface area contributed by atoms with Gasteiger partial charge in [0.25, 0.3) is 0 Å². The number of nitrogens with zero attached hydrogens (tertiary/aromatic N) is 1. The quantitative estimate of drug-likeness (QED) is 0.702. The largest absolute Gasteiger partial charge is 1.00 e. The highest BCUT2D eigenvalue weighted by Gasteiger charge is 2.23. The first-order valence-corrected chi connectivity index (χ1v) is 7.90. The Kier molecular flexibility index (Phi) is 7.67. The van der Waals surface area contributed by atoms with Crippen LogP contribution in [-0.2, 0) is 6.42 Å². The molecule has 0 heterocycles. The molecule has 0 saturated heterocycles. The van der Waals surface area contributed by atoms with Gasteiger partial charge in [-0.05, 0) is 30.2 Å². The van der Waals surface area contributed by atoms with Gasteiger partial charge in [-0.25, -0.2) is 4.39 Å². The number of hydrogen-bond acceptors (Lipinski definition) is 2. The fourth-order valence-corrected chi connectivity index (χ4v) is 2.78. The van der Waals surface area contributed by atoms with E-state index in [-0.39, 0.29) is 24.0 Å². The monoisotopic (exact) mass is 353 g/mol. The summed E-state index contributed by atoms with van der Waals surface area (Å²) in [5.74, 6) is -0.0815. The number of phenols is 1. The summed E-state index contributed by atoms with van der Waals surface area (Å²) in [5, 5.41) is 19.6. The molecule has 3 nitrogen and oxygen atoms in total. The molecule has 0 unspecified atom stereocenters. The van der Waals surface area contributed by atoms with E-state index < -0.39 is 6.10 Å². The molecule has 2 aromatic rings. The minimum absolute atomic E-state index is 0. The lowest BCUT2D eigenvalue weighted by atomic mass is 10.1. The molecular weight excluding hydrogens is 329 g/mol. The summed E-state index contributed by atoms with van der Waals surface area (Å²) in [7, 11) is 4.09. The Bertz CT molecular complexity index is 632. The smallest absolute Gasteiger partial charge is 0.131 e. The van der Waals surface area contributed by atoms with Gasteiger partial charge in [0.15, 0.2) is 0 Å². The summed E-state index contributed by atoms with van der Waals surface area (Å²) in [6.07, 6.45) is 1.07. The van der Waals surface area contributed by atoms with Gasteiger partial charge in [0.2, 0.25) is 0 Å². The van der Waals surface area contributed by atoms with Crippen LogP contribution in [0.1, 0.15) is 23.7 Å².